The molecule has 0 saturated heterocycles. The minimum atomic E-state index is 0.892. The van der Waals surface area contributed by atoms with E-state index in [1.165, 1.54) is 65.8 Å². The molecule has 3 heterocycles. The third-order valence-corrected chi connectivity index (χ3v) is 11.5. The van der Waals surface area contributed by atoms with Gasteiger partial charge in [0.2, 0.25) is 0 Å². The van der Waals surface area contributed by atoms with Crippen molar-refractivity contribution in [3.63, 3.8) is 0 Å². The molecule has 256 valence electrons. The van der Waals surface area contributed by atoms with E-state index in [-0.39, 0.29) is 0 Å². The van der Waals surface area contributed by atoms with Crippen LogP contribution >= 0.6 is 0 Å². The summed E-state index contributed by atoms with van der Waals surface area (Å²) < 4.78 is 11.5. The van der Waals surface area contributed by atoms with Crippen LogP contribution in [0.2, 0.25) is 0 Å². The van der Waals surface area contributed by atoms with Gasteiger partial charge in [0.1, 0.15) is 11.5 Å². The summed E-state index contributed by atoms with van der Waals surface area (Å²) in [5, 5.41) is 7.25. The molecule has 12 rings (SSSR count). The van der Waals surface area contributed by atoms with E-state index in [2.05, 4.69) is 197 Å². The van der Waals surface area contributed by atoms with Crippen LogP contribution in [-0.4, -0.2) is 9.13 Å². The van der Waals surface area contributed by atoms with Gasteiger partial charge in [-0.05, 0) is 93.9 Å². The van der Waals surface area contributed by atoms with Crippen LogP contribution in [0.15, 0.2) is 194 Å². The Morgan fingerprint density at radius 2 is 0.855 bits per heavy atom. The minimum absolute atomic E-state index is 0.892. The minimum Gasteiger partial charge on any atom is -0.456 e. The second-order valence-corrected chi connectivity index (χ2v) is 14.5. The third-order valence-electron chi connectivity index (χ3n) is 11.5. The van der Waals surface area contributed by atoms with Gasteiger partial charge in [-0.25, -0.2) is 0 Å². The zero-order valence-corrected chi connectivity index (χ0v) is 29.8. The summed E-state index contributed by atoms with van der Waals surface area (Å²) in [5.41, 5.74) is 14.1. The molecule has 0 saturated carbocycles. The van der Waals surface area contributed by atoms with Crippen molar-refractivity contribution >= 4 is 54.4 Å². The standard InChI is InChI=1S/C52H32N2O/c1-4-13-33(14-5-1)35-23-26-45-42(29-35)43-30-36(34-15-6-2-7-16-34)24-27-46(43)54(45)38-25-28-47-44(31-38)51-41-21-12-20-40-39-19-10-11-22-49(39)55-50(52(40)41)32-48(51)53(47)37-17-8-3-9-18-37/h1-32H. The first-order valence-corrected chi connectivity index (χ1v) is 18.8. The molecule has 0 aliphatic carbocycles. The molecule has 0 amide bonds. The summed E-state index contributed by atoms with van der Waals surface area (Å²) in [7, 11) is 0. The van der Waals surface area contributed by atoms with Crippen LogP contribution in [-0.2, 0) is 0 Å². The zero-order chi connectivity index (χ0) is 36.0. The molecule has 0 atom stereocenters. The van der Waals surface area contributed by atoms with Gasteiger partial charge in [0.15, 0.2) is 0 Å². The average Bonchev–Trinajstić information content (AvgIpc) is 3.76. The van der Waals surface area contributed by atoms with E-state index in [1.807, 2.05) is 6.07 Å². The molecular formula is C52H32N2O. The zero-order valence-electron chi connectivity index (χ0n) is 29.8. The van der Waals surface area contributed by atoms with Crippen LogP contribution in [0.3, 0.4) is 0 Å². The van der Waals surface area contributed by atoms with Gasteiger partial charge in [-0.1, -0.05) is 127 Å². The summed E-state index contributed by atoms with van der Waals surface area (Å²) in [6.45, 7) is 0. The summed E-state index contributed by atoms with van der Waals surface area (Å²) >= 11 is 0. The molecule has 0 fully saturated rings. The first-order valence-electron chi connectivity index (χ1n) is 18.8. The highest BCUT2D eigenvalue weighted by molar-refractivity contribution is 6.26. The SMILES string of the molecule is c1ccc(-c2ccc3c(c2)c2cc(-c4ccccc4)ccc2n3-c2ccc3c(c2)c2c4cccc5c4c(cc2n3-c2ccccc2)Oc2ccccc2-5)cc1. The lowest BCUT2D eigenvalue weighted by atomic mass is 9.92. The lowest BCUT2D eigenvalue weighted by Gasteiger charge is -2.22. The van der Waals surface area contributed by atoms with E-state index in [0.717, 1.165) is 44.9 Å². The van der Waals surface area contributed by atoms with E-state index in [0.29, 0.717) is 0 Å². The second kappa shape index (κ2) is 11.6. The Balaban J connectivity index is 1.17. The van der Waals surface area contributed by atoms with Gasteiger partial charge < -0.3 is 13.9 Å². The highest BCUT2D eigenvalue weighted by Gasteiger charge is 2.25. The van der Waals surface area contributed by atoms with Crippen molar-refractivity contribution in [1.82, 2.24) is 9.13 Å². The maximum Gasteiger partial charge on any atom is 0.138 e. The molecule has 3 heteroatoms. The molecule has 1 aliphatic heterocycles. The molecule has 55 heavy (non-hydrogen) atoms. The molecule has 1 aliphatic rings. The average molecular weight is 701 g/mol. The van der Waals surface area contributed by atoms with Gasteiger partial charge in [-0.2, -0.15) is 0 Å². The fraction of sp³-hybridized carbons (Fsp3) is 0. The van der Waals surface area contributed by atoms with E-state index >= 15 is 0 Å². The molecule has 11 aromatic rings. The Morgan fingerprint density at radius 3 is 1.55 bits per heavy atom. The predicted molar refractivity (Wildman–Crippen MR) is 229 cm³/mol. The quantitative estimate of drug-likeness (QED) is 0.179. The van der Waals surface area contributed by atoms with Gasteiger partial charge in [0, 0.05) is 49.9 Å². The fourth-order valence-electron chi connectivity index (χ4n) is 9.06. The van der Waals surface area contributed by atoms with Crippen LogP contribution in [0.1, 0.15) is 0 Å². The van der Waals surface area contributed by atoms with Gasteiger partial charge >= 0.3 is 0 Å². The van der Waals surface area contributed by atoms with Crippen LogP contribution in [0.5, 0.6) is 11.5 Å². The summed E-state index contributed by atoms with van der Waals surface area (Å²) in [6.07, 6.45) is 0. The van der Waals surface area contributed by atoms with Crippen molar-refractivity contribution in [2.24, 2.45) is 0 Å². The number of fused-ring (bicyclic) bond motifs is 9. The number of para-hydroxylation sites is 2. The van der Waals surface area contributed by atoms with Gasteiger partial charge in [-0.15, -0.1) is 0 Å². The number of ether oxygens (including phenoxy) is 1. The lowest BCUT2D eigenvalue weighted by Crippen LogP contribution is -1.98. The summed E-state index contributed by atoms with van der Waals surface area (Å²) in [6, 6.07) is 70.2. The number of hydrogen-bond donors (Lipinski definition) is 0. The highest BCUT2D eigenvalue weighted by Crippen LogP contribution is 2.51. The second-order valence-electron chi connectivity index (χ2n) is 14.5. The molecule has 0 unspecified atom stereocenters. The number of benzene rings is 9. The van der Waals surface area contributed by atoms with E-state index < -0.39 is 0 Å². The predicted octanol–water partition coefficient (Wildman–Crippen LogP) is 14.1. The van der Waals surface area contributed by atoms with Crippen molar-refractivity contribution in [2.45, 2.75) is 0 Å². The third kappa shape index (κ3) is 4.44. The van der Waals surface area contributed by atoms with Crippen molar-refractivity contribution in [1.29, 1.82) is 0 Å². The Bertz CT molecular complexity index is 3220. The van der Waals surface area contributed by atoms with Gasteiger partial charge in [0.25, 0.3) is 0 Å². The number of rotatable bonds is 4. The monoisotopic (exact) mass is 700 g/mol. The number of aromatic nitrogens is 2. The maximum absolute atomic E-state index is 6.69. The normalized spacial score (nSPS) is 12.1. The highest BCUT2D eigenvalue weighted by atomic mass is 16.5. The van der Waals surface area contributed by atoms with E-state index in [1.54, 1.807) is 0 Å². The fourth-order valence-corrected chi connectivity index (χ4v) is 9.06. The Morgan fingerprint density at radius 1 is 0.291 bits per heavy atom. The molecule has 0 radical (unpaired) electrons. The topological polar surface area (TPSA) is 19.1 Å². The molecule has 0 bridgehead atoms. The number of hydrogen-bond acceptors (Lipinski definition) is 1. The summed E-state index contributed by atoms with van der Waals surface area (Å²) in [4.78, 5) is 0. The smallest absolute Gasteiger partial charge is 0.138 e. The van der Waals surface area contributed by atoms with E-state index in [4.69, 9.17) is 4.74 Å². The first-order chi connectivity index (χ1) is 27.3. The van der Waals surface area contributed by atoms with Gasteiger partial charge in [-0.3, -0.25) is 0 Å². The molecular weight excluding hydrogens is 669 g/mol. The van der Waals surface area contributed by atoms with Crippen LogP contribution in [0.4, 0.5) is 0 Å². The van der Waals surface area contributed by atoms with Crippen molar-refractivity contribution < 1.29 is 4.74 Å². The lowest BCUT2D eigenvalue weighted by molar-refractivity contribution is 0.487. The Kier molecular flexibility index (Phi) is 6.34. The Labute approximate surface area is 317 Å². The molecule has 3 nitrogen and oxygen atoms in total. The van der Waals surface area contributed by atoms with Crippen LogP contribution < -0.4 is 4.74 Å². The molecule has 9 aromatic carbocycles. The Hall–Kier alpha value is -7.36. The first kappa shape index (κ1) is 30.1. The van der Waals surface area contributed by atoms with Gasteiger partial charge in [0.05, 0.1) is 22.1 Å². The number of nitrogens with zero attached hydrogens (tertiary/aromatic N) is 2. The van der Waals surface area contributed by atoms with Crippen LogP contribution in [0.25, 0.3) is 99.1 Å². The van der Waals surface area contributed by atoms with E-state index in [9.17, 15) is 0 Å². The molecule has 2 aromatic heterocycles. The van der Waals surface area contributed by atoms with Crippen molar-refractivity contribution in [2.75, 3.05) is 0 Å². The largest absolute Gasteiger partial charge is 0.456 e. The van der Waals surface area contributed by atoms with Crippen LogP contribution in [0, 0.1) is 0 Å². The molecule has 0 N–H and O–H groups in total. The van der Waals surface area contributed by atoms with Crippen molar-refractivity contribution in [3.8, 4) is 56.3 Å². The van der Waals surface area contributed by atoms with Crippen molar-refractivity contribution in [3.05, 3.63) is 194 Å². The molecule has 0 spiro atoms. The maximum atomic E-state index is 6.69. The summed E-state index contributed by atoms with van der Waals surface area (Å²) in [5.74, 6) is 1.78.